The quantitative estimate of drug-likeness (QED) is 0.841. The fourth-order valence-corrected chi connectivity index (χ4v) is 1.57. The van der Waals surface area contributed by atoms with Crippen molar-refractivity contribution in [2.75, 3.05) is 17.7 Å². The molecule has 0 bridgehead atoms. The van der Waals surface area contributed by atoms with Crippen molar-refractivity contribution in [3.8, 4) is 6.07 Å². The molecule has 0 saturated heterocycles. The monoisotopic (exact) mass is 225 g/mol. The number of anilines is 3. The van der Waals surface area contributed by atoms with Crippen LogP contribution < -0.4 is 10.6 Å². The average Bonchev–Trinajstić information content (AvgIpc) is 2.38. The molecule has 5 heteroatoms. The fourth-order valence-electron chi connectivity index (χ4n) is 1.57. The third-order valence-electron chi connectivity index (χ3n) is 2.41. The minimum absolute atomic E-state index is 0.336. The van der Waals surface area contributed by atoms with E-state index in [4.69, 9.17) is 11.0 Å². The topological polar surface area (TPSA) is 78.8 Å². The van der Waals surface area contributed by atoms with Crippen molar-refractivity contribution in [3.63, 3.8) is 0 Å². The summed E-state index contributed by atoms with van der Waals surface area (Å²) in [7, 11) is 1.80. The molecule has 0 radical (unpaired) electrons. The number of aromatic nitrogens is 2. The molecule has 0 aliphatic carbocycles. The summed E-state index contributed by atoms with van der Waals surface area (Å²) in [5.74, 6) is 0.873. The van der Waals surface area contributed by atoms with Gasteiger partial charge in [-0.3, -0.25) is 0 Å². The molecule has 1 heterocycles. The number of hydrogen-bond donors (Lipinski definition) is 1. The van der Waals surface area contributed by atoms with E-state index < -0.39 is 0 Å². The lowest BCUT2D eigenvalue weighted by Gasteiger charge is -2.19. The lowest BCUT2D eigenvalue weighted by atomic mass is 10.2. The maximum atomic E-state index is 9.04. The molecule has 0 aliphatic rings. The molecule has 0 amide bonds. The van der Waals surface area contributed by atoms with E-state index in [0.717, 1.165) is 5.69 Å². The van der Waals surface area contributed by atoms with Gasteiger partial charge in [0.05, 0.1) is 11.3 Å². The van der Waals surface area contributed by atoms with Crippen LogP contribution in [-0.4, -0.2) is 17.0 Å². The zero-order valence-electron chi connectivity index (χ0n) is 9.33. The highest BCUT2D eigenvalue weighted by Gasteiger charge is 2.12. The Labute approximate surface area is 99.1 Å². The second-order valence-electron chi connectivity index (χ2n) is 3.45. The van der Waals surface area contributed by atoms with Gasteiger partial charge in [0.2, 0.25) is 0 Å². The van der Waals surface area contributed by atoms with Crippen molar-refractivity contribution >= 4 is 17.3 Å². The SMILES string of the molecule is CN(c1ccccc1C#N)c1nccnc1N. The number of para-hydroxylation sites is 1. The minimum Gasteiger partial charge on any atom is -0.381 e. The zero-order chi connectivity index (χ0) is 12.3. The van der Waals surface area contributed by atoms with Gasteiger partial charge in [-0.15, -0.1) is 0 Å². The van der Waals surface area contributed by atoms with E-state index in [-0.39, 0.29) is 0 Å². The van der Waals surface area contributed by atoms with E-state index >= 15 is 0 Å². The summed E-state index contributed by atoms with van der Waals surface area (Å²) in [5, 5.41) is 9.04. The highest BCUT2D eigenvalue weighted by molar-refractivity contribution is 5.71. The first-order valence-corrected chi connectivity index (χ1v) is 5.03. The van der Waals surface area contributed by atoms with Gasteiger partial charge in [0.15, 0.2) is 11.6 Å². The van der Waals surface area contributed by atoms with Crippen LogP contribution >= 0.6 is 0 Å². The molecule has 17 heavy (non-hydrogen) atoms. The smallest absolute Gasteiger partial charge is 0.175 e. The molecule has 0 fully saturated rings. The van der Waals surface area contributed by atoms with Crippen LogP contribution in [0.4, 0.5) is 17.3 Å². The fraction of sp³-hybridized carbons (Fsp3) is 0.0833. The van der Waals surface area contributed by atoms with E-state index in [1.54, 1.807) is 24.2 Å². The van der Waals surface area contributed by atoms with Gasteiger partial charge in [0.1, 0.15) is 6.07 Å². The average molecular weight is 225 g/mol. The summed E-state index contributed by atoms with van der Waals surface area (Å²) in [5.41, 5.74) is 7.07. The normalized spacial score (nSPS) is 9.65. The molecule has 2 aromatic rings. The molecule has 2 rings (SSSR count). The van der Waals surface area contributed by atoms with E-state index in [1.807, 2.05) is 18.2 Å². The Morgan fingerprint density at radius 3 is 2.65 bits per heavy atom. The largest absolute Gasteiger partial charge is 0.381 e. The van der Waals surface area contributed by atoms with Crippen LogP contribution in [0.1, 0.15) is 5.56 Å². The summed E-state index contributed by atoms with van der Waals surface area (Å²) in [6, 6.07) is 9.40. The first kappa shape index (κ1) is 10.9. The number of hydrogen-bond acceptors (Lipinski definition) is 5. The predicted octanol–water partition coefficient (Wildman–Crippen LogP) is 1.70. The number of rotatable bonds is 2. The van der Waals surface area contributed by atoms with E-state index in [1.165, 1.54) is 6.20 Å². The predicted molar refractivity (Wildman–Crippen MR) is 65.7 cm³/mol. The molecular weight excluding hydrogens is 214 g/mol. The molecule has 1 aromatic carbocycles. The Kier molecular flexibility index (Phi) is 2.88. The zero-order valence-corrected chi connectivity index (χ0v) is 9.33. The third-order valence-corrected chi connectivity index (χ3v) is 2.41. The van der Waals surface area contributed by atoms with Crippen LogP contribution in [-0.2, 0) is 0 Å². The standard InChI is InChI=1S/C12H11N5/c1-17(12-11(14)15-6-7-16-12)10-5-3-2-4-9(10)8-13/h2-7H,1H3,(H2,14,15). The number of nitrogen functional groups attached to an aromatic ring is 1. The Bertz CT molecular complexity index is 573. The van der Waals surface area contributed by atoms with E-state index in [2.05, 4.69) is 16.0 Å². The maximum absolute atomic E-state index is 9.04. The van der Waals surface area contributed by atoms with Gasteiger partial charge >= 0.3 is 0 Å². The van der Waals surface area contributed by atoms with Crippen LogP contribution in [0.3, 0.4) is 0 Å². The van der Waals surface area contributed by atoms with Crippen molar-refractivity contribution in [3.05, 3.63) is 42.2 Å². The van der Waals surface area contributed by atoms with Crippen LogP contribution in [0.25, 0.3) is 0 Å². The van der Waals surface area contributed by atoms with Crippen molar-refractivity contribution in [2.24, 2.45) is 0 Å². The second-order valence-corrected chi connectivity index (χ2v) is 3.45. The van der Waals surface area contributed by atoms with Crippen molar-refractivity contribution < 1.29 is 0 Å². The number of nitrogens with two attached hydrogens (primary N) is 1. The molecular formula is C12H11N5. The molecule has 0 aliphatic heterocycles. The van der Waals surface area contributed by atoms with Gasteiger partial charge in [-0.05, 0) is 12.1 Å². The summed E-state index contributed by atoms with van der Waals surface area (Å²) >= 11 is 0. The Balaban J connectivity index is 2.48. The highest BCUT2D eigenvalue weighted by atomic mass is 15.2. The Morgan fingerprint density at radius 2 is 1.94 bits per heavy atom. The number of benzene rings is 1. The van der Waals surface area contributed by atoms with Gasteiger partial charge < -0.3 is 10.6 Å². The van der Waals surface area contributed by atoms with E-state index in [0.29, 0.717) is 17.2 Å². The molecule has 0 saturated carbocycles. The second kappa shape index (κ2) is 4.49. The van der Waals surface area contributed by atoms with Gasteiger partial charge in [-0.25, -0.2) is 9.97 Å². The van der Waals surface area contributed by atoms with Crippen LogP contribution in [0.2, 0.25) is 0 Å². The summed E-state index contributed by atoms with van der Waals surface area (Å²) < 4.78 is 0. The van der Waals surface area contributed by atoms with Crippen LogP contribution in [0.5, 0.6) is 0 Å². The third kappa shape index (κ3) is 2.01. The summed E-state index contributed by atoms with van der Waals surface area (Å²) in [6.07, 6.45) is 3.10. The van der Waals surface area contributed by atoms with Crippen molar-refractivity contribution in [1.29, 1.82) is 5.26 Å². The van der Waals surface area contributed by atoms with Gasteiger partial charge in [-0.2, -0.15) is 5.26 Å². The molecule has 0 spiro atoms. The first-order chi connectivity index (χ1) is 8.24. The molecule has 0 unspecified atom stereocenters. The summed E-state index contributed by atoms with van der Waals surface area (Å²) in [4.78, 5) is 9.88. The minimum atomic E-state index is 0.336. The van der Waals surface area contributed by atoms with Crippen molar-refractivity contribution in [1.82, 2.24) is 9.97 Å². The number of nitriles is 1. The van der Waals surface area contributed by atoms with Gasteiger partial charge in [0, 0.05) is 19.4 Å². The number of nitrogens with zero attached hydrogens (tertiary/aromatic N) is 4. The molecule has 1 aromatic heterocycles. The lowest BCUT2D eigenvalue weighted by Crippen LogP contribution is -2.15. The molecule has 84 valence electrons. The van der Waals surface area contributed by atoms with E-state index in [9.17, 15) is 0 Å². The molecule has 2 N–H and O–H groups in total. The van der Waals surface area contributed by atoms with Crippen LogP contribution in [0.15, 0.2) is 36.7 Å². The lowest BCUT2D eigenvalue weighted by molar-refractivity contribution is 1.09. The van der Waals surface area contributed by atoms with Gasteiger partial charge in [0.25, 0.3) is 0 Å². The highest BCUT2D eigenvalue weighted by Crippen LogP contribution is 2.27. The van der Waals surface area contributed by atoms with Crippen molar-refractivity contribution in [2.45, 2.75) is 0 Å². The molecule has 5 nitrogen and oxygen atoms in total. The summed E-state index contributed by atoms with van der Waals surface area (Å²) in [6.45, 7) is 0. The Hall–Kier alpha value is -2.61. The Morgan fingerprint density at radius 1 is 1.24 bits per heavy atom. The van der Waals surface area contributed by atoms with Gasteiger partial charge in [-0.1, -0.05) is 12.1 Å². The van der Waals surface area contributed by atoms with Crippen LogP contribution in [0, 0.1) is 11.3 Å². The molecule has 0 atom stereocenters. The first-order valence-electron chi connectivity index (χ1n) is 5.03. The maximum Gasteiger partial charge on any atom is 0.175 e.